The molecule has 0 aliphatic rings. The second-order valence-corrected chi connectivity index (χ2v) is 4.58. The maximum atomic E-state index is 13.6. The van der Waals surface area contributed by atoms with Crippen molar-refractivity contribution >= 4 is 11.9 Å². The molecule has 0 bridgehead atoms. The zero-order valence-corrected chi connectivity index (χ0v) is 11.3. The number of carbonyl (C=O) groups excluding carboxylic acids is 1. The molecule has 0 heterocycles. The van der Waals surface area contributed by atoms with E-state index in [1.807, 2.05) is 0 Å². The molecule has 0 saturated heterocycles. The Hall–Kier alpha value is -2.12. The lowest BCUT2D eigenvalue weighted by molar-refractivity contribution is -0.137. The topological polar surface area (TPSA) is 57.6 Å². The zero-order valence-electron chi connectivity index (χ0n) is 11.3. The summed E-state index contributed by atoms with van der Waals surface area (Å²) < 4.78 is 52.7. The summed E-state index contributed by atoms with van der Waals surface area (Å²) in [5, 5.41) is 8.59. The number of aliphatic carboxylic acids is 1. The number of halogens is 4. The number of benzene rings is 1. The van der Waals surface area contributed by atoms with Gasteiger partial charge in [0.05, 0.1) is 12.0 Å². The summed E-state index contributed by atoms with van der Waals surface area (Å²) in [6.45, 7) is 2.77. The molecule has 0 unspecified atom stereocenters. The predicted molar refractivity (Wildman–Crippen MR) is 64.7 cm³/mol. The normalized spacial score (nSPS) is 10.8. The number of hydrogen-bond acceptors (Lipinski definition) is 2. The van der Waals surface area contributed by atoms with Gasteiger partial charge in [-0.05, 0) is 19.9 Å². The van der Waals surface area contributed by atoms with E-state index in [2.05, 4.69) is 0 Å². The lowest BCUT2D eigenvalue weighted by Gasteiger charge is -2.26. The molecule has 1 amide bonds. The standard InChI is InChI=1S/C13H13F4NO3/c1-6(2)18(4-3-9(19)20)13(21)7-5-8(14)11(16)12(17)10(7)15/h5-6H,3-4H2,1-2H3,(H,19,20). The molecule has 0 saturated carbocycles. The van der Waals surface area contributed by atoms with Gasteiger partial charge in [-0.15, -0.1) is 0 Å². The Morgan fingerprint density at radius 2 is 1.71 bits per heavy atom. The SMILES string of the molecule is CC(C)N(CCC(=O)O)C(=O)c1cc(F)c(F)c(F)c1F. The smallest absolute Gasteiger partial charge is 0.305 e. The van der Waals surface area contributed by atoms with Crippen molar-refractivity contribution < 1.29 is 32.3 Å². The second kappa shape index (κ2) is 6.55. The Labute approximate surface area is 118 Å². The molecule has 21 heavy (non-hydrogen) atoms. The Morgan fingerprint density at radius 1 is 1.14 bits per heavy atom. The number of carbonyl (C=O) groups is 2. The van der Waals surface area contributed by atoms with Crippen molar-refractivity contribution in [1.82, 2.24) is 4.90 Å². The molecule has 0 radical (unpaired) electrons. The Morgan fingerprint density at radius 3 is 2.19 bits per heavy atom. The number of amides is 1. The van der Waals surface area contributed by atoms with Gasteiger partial charge in [0.15, 0.2) is 23.3 Å². The summed E-state index contributed by atoms with van der Waals surface area (Å²) in [6.07, 6.45) is -0.419. The highest BCUT2D eigenvalue weighted by Crippen LogP contribution is 2.21. The monoisotopic (exact) mass is 307 g/mol. The van der Waals surface area contributed by atoms with Crippen LogP contribution in [0.3, 0.4) is 0 Å². The molecule has 1 aromatic carbocycles. The first kappa shape index (κ1) is 16.9. The average Bonchev–Trinajstić information content (AvgIpc) is 2.39. The van der Waals surface area contributed by atoms with Crippen LogP contribution < -0.4 is 0 Å². The van der Waals surface area contributed by atoms with Crippen LogP contribution in [-0.2, 0) is 4.79 Å². The third-order valence-corrected chi connectivity index (χ3v) is 2.78. The minimum Gasteiger partial charge on any atom is -0.481 e. The van der Waals surface area contributed by atoms with Gasteiger partial charge in [-0.1, -0.05) is 0 Å². The van der Waals surface area contributed by atoms with Crippen LogP contribution in [0.25, 0.3) is 0 Å². The third-order valence-electron chi connectivity index (χ3n) is 2.78. The fraction of sp³-hybridized carbons (Fsp3) is 0.385. The lowest BCUT2D eigenvalue weighted by atomic mass is 10.1. The second-order valence-electron chi connectivity index (χ2n) is 4.58. The summed E-state index contributed by atoms with van der Waals surface area (Å²) in [6, 6.07) is -0.279. The number of carboxylic acid groups (broad SMARTS) is 1. The van der Waals surface area contributed by atoms with Gasteiger partial charge in [0.1, 0.15) is 0 Å². The van der Waals surface area contributed by atoms with E-state index in [1.165, 1.54) is 13.8 Å². The molecule has 1 rings (SSSR count). The Bertz CT molecular complexity index is 575. The molecule has 1 N–H and O–H groups in total. The van der Waals surface area contributed by atoms with Crippen LogP contribution in [0.2, 0.25) is 0 Å². The maximum absolute atomic E-state index is 13.6. The van der Waals surface area contributed by atoms with E-state index in [9.17, 15) is 27.2 Å². The molecular formula is C13H13F4NO3. The largest absolute Gasteiger partial charge is 0.481 e. The summed E-state index contributed by atoms with van der Waals surface area (Å²) in [4.78, 5) is 23.5. The van der Waals surface area contributed by atoms with E-state index >= 15 is 0 Å². The summed E-state index contributed by atoms with van der Waals surface area (Å²) in [5.41, 5.74) is -0.981. The first-order chi connectivity index (χ1) is 9.66. The molecule has 0 fully saturated rings. The van der Waals surface area contributed by atoms with E-state index < -0.39 is 53.2 Å². The minimum atomic E-state index is -2.08. The zero-order chi connectivity index (χ0) is 16.3. The van der Waals surface area contributed by atoms with Gasteiger partial charge in [-0.3, -0.25) is 9.59 Å². The number of nitrogens with zero attached hydrogens (tertiary/aromatic N) is 1. The molecule has 0 aliphatic heterocycles. The Kier molecular flexibility index (Phi) is 5.28. The molecule has 0 aliphatic carbocycles. The van der Waals surface area contributed by atoms with E-state index in [0.29, 0.717) is 0 Å². The fourth-order valence-electron chi connectivity index (χ4n) is 1.69. The van der Waals surface area contributed by atoms with Crippen molar-refractivity contribution in [2.24, 2.45) is 0 Å². The van der Waals surface area contributed by atoms with Crippen molar-refractivity contribution in [2.75, 3.05) is 6.54 Å². The van der Waals surface area contributed by atoms with Gasteiger partial charge >= 0.3 is 5.97 Å². The van der Waals surface area contributed by atoms with Gasteiger partial charge in [0.2, 0.25) is 0 Å². The van der Waals surface area contributed by atoms with Gasteiger partial charge in [0.25, 0.3) is 5.91 Å². The number of carboxylic acids is 1. The molecule has 0 spiro atoms. The van der Waals surface area contributed by atoms with Crippen molar-refractivity contribution in [2.45, 2.75) is 26.3 Å². The van der Waals surface area contributed by atoms with Crippen LogP contribution in [0, 0.1) is 23.3 Å². The van der Waals surface area contributed by atoms with Gasteiger partial charge in [-0.25, -0.2) is 17.6 Å². The molecular weight excluding hydrogens is 294 g/mol. The fourth-order valence-corrected chi connectivity index (χ4v) is 1.69. The van der Waals surface area contributed by atoms with Gasteiger partial charge in [0, 0.05) is 12.6 Å². The van der Waals surface area contributed by atoms with E-state index in [-0.39, 0.29) is 12.6 Å². The van der Waals surface area contributed by atoms with Crippen molar-refractivity contribution in [3.8, 4) is 0 Å². The molecule has 0 aromatic heterocycles. The summed E-state index contributed by atoms with van der Waals surface area (Å²) in [7, 11) is 0. The molecule has 116 valence electrons. The third kappa shape index (κ3) is 3.71. The number of rotatable bonds is 5. The Balaban J connectivity index is 3.18. The molecule has 4 nitrogen and oxygen atoms in total. The van der Waals surface area contributed by atoms with Crippen molar-refractivity contribution in [3.05, 3.63) is 34.9 Å². The summed E-state index contributed by atoms with van der Waals surface area (Å²) >= 11 is 0. The maximum Gasteiger partial charge on any atom is 0.305 e. The number of hydrogen-bond donors (Lipinski definition) is 1. The van der Waals surface area contributed by atoms with Crippen LogP contribution in [-0.4, -0.2) is 34.5 Å². The highest BCUT2D eigenvalue weighted by Gasteiger charge is 2.27. The highest BCUT2D eigenvalue weighted by molar-refractivity contribution is 5.95. The first-order valence-electron chi connectivity index (χ1n) is 6.02. The average molecular weight is 307 g/mol. The first-order valence-corrected chi connectivity index (χ1v) is 6.02. The highest BCUT2D eigenvalue weighted by atomic mass is 19.2. The summed E-state index contributed by atoms with van der Waals surface area (Å²) in [5.74, 6) is -9.89. The molecule has 8 heteroatoms. The van der Waals surface area contributed by atoms with Crippen LogP contribution >= 0.6 is 0 Å². The van der Waals surface area contributed by atoms with E-state index in [1.54, 1.807) is 0 Å². The van der Waals surface area contributed by atoms with Crippen LogP contribution in [0.5, 0.6) is 0 Å². The van der Waals surface area contributed by atoms with Crippen LogP contribution in [0.15, 0.2) is 6.07 Å². The van der Waals surface area contributed by atoms with Gasteiger partial charge < -0.3 is 10.0 Å². The van der Waals surface area contributed by atoms with E-state index in [4.69, 9.17) is 5.11 Å². The van der Waals surface area contributed by atoms with Crippen molar-refractivity contribution in [1.29, 1.82) is 0 Å². The lowest BCUT2D eigenvalue weighted by Crippen LogP contribution is -2.39. The van der Waals surface area contributed by atoms with E-state index in [0.717, 1.165) is 4.90 Å². The van der Waals surface area contributed by atoms with Crippen molar-refractivity contribution in [3.63, 3.8) is 0 Å². The molecule has 0 atom stereocenters. The molecule has 1 aromatic rings. The van der Waals surface area contributed by atoms with Crippen LogP contribution in [0.4, 0.5) is 17.6 Å². The predicted octanol–water partition coefficient (Wildman–Crippen LogP) is 2.57. The minimum absolute atomic E-state index is 0.256. The quantitative estimate of drug-likeness (QED) is 0.517. The van der Waals surface area contributed by atoms with Crippen LogP contribution in [0.1, 0.15) is 30.6 Å². The van der Waals surface area contributed by atoms with Gasteiger partial charge in [-0.2, -0.15) is 0 Å².